The number of nitrogens with zero attached hydrogens (tertiary/aromatic N) is 5. The van der Waals surface area contributed by atoms with Crippen molar-refractivity contribution in [3.05, 3.63) is 87.5 Å². The van der Waals surface area contributed by atoms with Crippen LogP contribution in [0.15, 0.2) is 59.4 Å². The van der Waals surface area contributed by atoms with Gasteiger partial charge in [0.15, 0.2) is 5.65 Å². The minimum Gasteiger partial charge on any atom is -0.337 e. The quantitative estimate of drug-likeness (QED) is 0.471. The Morgan fingerprint density at radius 3 is 2.48 bits per heavy atom. The molecule has 4 aromatic rings. The molecule has 0 aliphatic rings. The average molecular weight is 445 g/mol. The van der Waals surface area contributed by atoms with Gasteiger partial charge in [0.2, 0.25) is 11.9 Å². The molecule has 0 aliphatic carbocycles. The fourth-order valence-electron chi connectivity index (χ4n) is 3.70. The lowest BCUT2D eigenvalue weighted by molar-refractivity contribution is -0.132. The zero-order valence-corrected chi connectivity index (χ0v) is 19.4. The van der Waals surface area contributed by atoms with E-state index in [9.17, 15) is 9.59 Å². The number of fused-ring (bicyclic) bond motifs is 1. The van der Waals surface area contributed by atoms with Crippen molar-refractivity contribution in [3.63, 3.8) is 0 Å². The zero-order valence-electron chi connectivity index (χ0n) is 19.4. The first-order valence-corrected chi connectivity index (χ1v) is 11.0. The maximum atomic E-state index is 13.2. The summed E-state index contributed by atoms with van der Waals surface area (Å²) in [5.41, 5.74) is 4.93. The first-order chi connectivity index (χ1) is 15.9. The molecule has 2 aromatic carbocycles. The Labute approximate surface area is 192 Å². The molecule has 1 amide bonds. The maximum absolute atomic E-state index is 13.2. The van der Waals surface area contributed by atoms with Gasteiger partial charge in [-0.15, -0.1) is 5.10 Å². The van der Waals surface area contributed by atoms with Crippen molar-refractivity contribution < 1.29 is 4.79 Å². The molecule has 0 aliphatic heterocycles. The fraction of sp³-hybridized carbons (Fsp3) is 0.280. The van der Waals surface area contributed by atoms with E-state index >= 15 is 0 Å². The van der Waals surface area contributed by atoms with Gasteiger partial charge in [-0.25, -0.2) is 18.9 Å². The molecular formula is C25H28N6O2. The molecule has 170 valence electrons. The molecule has 0 fully saturated rings. The molecule has 0 spiro atoms. The first kappa shape index (κ1) is 22.3. The van der Waals surface area contributed by atoms with Gasteiger partial charge < -0.3 is 10.2 Å². The van der Waals surface area contributed by atoms with Crippen molar-refractivity contribution in [2.75, 3.05) is 11.9 Å². The van der Waals surface area contributed by atoms with E-state index in [4.69, 9.17) is 0 Å². The van der Waals surface area contributed by atoms with Crippen LogP contribution in [0, 0.1) is 20.8 Å². The molecule has 1 N–H and O–H groups in total. The Morgan fingerprint density at radius 1 is 1.03 bits per heavy atom. The third-order valence-electron chi connectivity index (χ3n) is 5.70. The Balaban J connectivity index is 1.63. The summed E-state index contributed by atoms with van der Waals surface area (Å²) in [4.78, 5) is 32.4. The minimum atomic E-state index is -0.409. The smallest absolute Gasteiger partial charge is 0.337 e. The van der Waals surface area contributed by atoms with Crippen LogP contribution in [0.1, 0.15) is 29.3 Å². The van der Waals surface area contributed by atoms with Gasteiger partial charge >= 0.3 is 5.69 Å². The molecule has 0 unspecified atom stereocenters. The maximum Gasteiger partial charge on any atom is 0.353 e. The second kappa shape index (κ2) is 9.28. The normalized spacial score (nSPS) is 11.0. The van der Waals surface area contributed by atoms with E-state index in [0.29, 0.717) is 24.7 Å². The highest BCUT2D eigenvalue weighted by Gasteiger charge is 2.18. The Kier molecular flexibility index (Phi) is 6.26. The lowest BCUT2D eigenvalue weighted by atomic mass is 10.1. The van der Waals surface area contributed by atoms with Crippen LogP contribution in [0.2, 0.25) is 0 Å². The number of hydrogen-bond acceptors (Lipinski definition) is 5. The average Bonchev–Trinajstić information content (AvgIpc) is 3.10. The summed E-state index contributed by atoms with van der Waals surface area (Å²) in [7, 11) is 0. The van der Waals surface area contributed by atoms with E-state index < -0.39 is 5.69 Å². The number of hydrogen-bond donors (Lipinski definition) is 1. The summed E-state index contributed by atoms with van der Waals surface area (Å²) in [6.07, 6.45) is 0. The van der Waals surface area contributed by atoms with Crippen molar-refractivity contribution in [2.45, 2.75) is 40.8 Å². The number of aryl methyl sites for hydroxylation is 3. The predicted molar refractivity (Wildman–Crippen MR) is 129 cm³/mol. The Bertz CT molecular complexity index is 1360. The van der Waals surface area contributed by atoms with Crippen molar-refractivity contribution in [1.29, 1.82) is 0 Å². The van der Waals surface area contributed by atoms with Gasteiger partial charge in [-0.05, 0) is 56.5 Å². The molecule has 0 saturated carbocycles. The minimum absolute atomic E-state index is 0.136. The van der Waals surface area contributed by atoms with E-state index in [-0.39, 0.29) is 12.5 Å². The van der Waals surface area contributed by atoms with Gasteiger partial charge in [0.1, 0.15) is 6.54 Å². The summed E-state index contributed by atoms with van der Waals surface area (Å²) >= 11 is 0. The number of carbonyl (C=O) groups is 1. The Morgan fingerprint density at radius 2 is 1.79 bits per heavy atom. The standard InChI is InChI=1S/C25H28N6O2/c1-5-29(15-20-9-7-6-8-10-20)23(32)16-30-25(33)31-22(28-30)14-19(4)26-24(31)27-21-12-11-17(2)18(3)13-21/h6-14H,5,15-16H2,1-4H3,(H,26,27). The van der Waals surface area contributed by atoms with Gasteiger partial charge in [0.25, 0.3) is 0 Å². The lowest BCUT2D eigenvalue weighted by Crippen LogP contribution is -2.36. The van der Waals surface area contributed by atoms with Gasteiger partial charge in [-0.1, -0.05) is 36.4 Å². The van der Waals surface area contributed by atoms with E-state index in [1.54, 1.807) is 11.0 Å². The lowest BCUT2D eigenvalue weighted by Gasteiger charge is -2.20. The molecule has 8 heteroatoms. The number of anilines is 2. The van der Waals surface area contributed by atoms with Crippen LogP contribution in [0.4, 0.5) is 11.6 Å². The van der Waals surface area contributed by atoms with Crippen molar-refractivity contribution in [2.24, 2.45) is 0 Å². The van der Waals surface area contributed by atoms with Gasteiger partial charge in [-0.3, -0.25) is 4.79 Å². The third-order valence-corrected chi connectivity index (χ3v) is 5.70. The van der Waals surface area contributed by atoms with Crippen LogP contribution in [0.3, 0.4) is 0 Å². The van der Waals surface area contributed by atoms with Crippen molar-refractivity contribution in [1.82, 2.24) is 24.1 Å². The molecule has 8 nitrogen and oxygen atoms in total. The number of aromatic nitrogens is 4. The highest BCUT2D eigenvalue weighted by Crippen LogP contribution is 2.19. The summed E-state index contributed by atoms with van der Waals surface area (Å²) in [5, 5.41) is 7.64. The molecule has 4 rings (SSSR count). The summed E-state index contributed by atoms with van der Waals surface area (Å²) in [6, 6.07) is 17.5. The first-order valence-electron chi connectivity index (χ1n) is 11.0. The molecule has 2 heterocycles. The van der Waals surface area contributed by atoms with E-state index in [1.165, 1.54) is 14.6 Å². The number of likely N-dealkylation sites (N-methyl/N-ethyl adjacent to an activating group) is 1. The van der Waals surface area contributed by atoms with Gasteiger partial charge in [0, 0.05) is 30.5 Å². The van der Waals surface area contributed by atoms with Crippen molar-refractivity contribution in [3.8, 4) is 0 Å². The highest BCUT2D eigenvalue weighted by molar-refractivity contribution is 5.76. The molecule has 0 radical (unpaired) electrons. The van der Waals surface area contributed by atoms with Crippen molar-refractivity contribution >= 4 is 23.2 Å². The number of nitrogens with one attached hydrogen (secondary N) is 1. The summed E-state index contributed by atoms with van der Waals surface area (Å²) < 4.78 is 2.61. The second-order valence-electron chi connectivity index (χ2n) is 8.17. The van der Waals surface area contributed by atoms with Crippen LogP contribution >= 0.6 is 0 Å². The van der Waals surface area contributed by atoms with Gasteiger partial charge in [-0.2, -0.15) is 0 Å². The molecule has 0 saturated heterocycles. The number of benzene rings is 2. The van der Waals surface area contributed by atoms with E-state index in [1.807, 2.05) is 76.2 Å². The molecule has 33 heavy (non-hydrogen) atoms. The molecule has 0 bridgehead atoms. The monoisotopic (exact) mass is 444 g/mol. The fourth-order valence-corrected chi connectivity index (χ4v) is 3.70. The largest absolute Gasteiger partial charge is 0.353 e. The third kappa shape index (κ3) is 4.79. The topological polar surface area (TPSA) is 84.5 Å². The zero-order chi connectivity index (χ0) is 23.5. The number of amides is 1. The summed E-state index contributed by atoms with van der Waals surface area (Å²) in [6.45, 7) is 8.73. The van der Waals surface area contributed by atoms with Crippen LogP contribution in [-0.2, 0) is 17.9 Å². The van der Waals surface area contributed by atoms with Gasteiger partial charge in [0.05, 0.1) is 0 Å². The number of carbonyl (C=O) groups excluding carboxylic acids is 1. The SMILES string of the molecule is CCN(Cc1ccccc1)C(=O)Cn1nc2cc(C)nc(Nc3ccc(C)c(C)c3)n2c1=O. The van der Waals surface area contributed by atoms with E-state index in [2.05, 4.69) is 15.4 Å². The van der Waals surface area contributed by atoms with Crippen LogP contribution in [0.5, 0.6) is 0 Å². The van der Waals surface area contributed by atoms with Crippen LogP contribution in [-0.4, -0.2) is 36.5 Å². The predicted octanol–water partition coefficient (Wildman–Crippen LogP) is 3.61. The van der Waals surface area contributed by atoms with Crippen LogP contribution in [0.25, 0.3) is 5.65 Å². The van der Waals surface area contributed by atoms with Crippen LogP contribution < -0.4 is 11.0 Å². The van der Waals surface area contributed by atoms with E-state index in [0.717, 1.165) is 22.5 Å². The number of rotatable bonds is 7. The molecule has 0 atom stereocenters. The summed E-state index contributed by atoms with van der Waals surface area (Å²) in [5.74, 6) is 0.203. The molecular weight excluding hydrogens is 416 g/mol. The Hall–Kier alpha value is -3.94. The second-order valence-corrected chi connectivity index (χ2v) is 8.17. The molecule has 2 aromatic heterocycles. The highest BCUT2D eigenvalue weighted by atomic mass is 16.2.